The molecule has 1 aliphatic carbocycles. The molecule has 1 aromatic heterocycles. The van der Waals surface area contributed by atoms with E-state index in [9.17, 15) is 19.2 Å². The van der Waals surface area contributed by atoms with Crippen LogP contribution in [0.5, 0.6) is 11.5 Å². The first-order valence-electron chi connectivity index (χ1n) is 26.1. The normalized spacial score (nSPS) is 22.9. The van der Waals surface area contributed by atoms with Crippen molar-refractivity contribution in [3.05, 3.63) is 106 Å². The lowest BCUT2D eigenvalue weighted by Crippen LogP contribution is -2.51. The first kappa shape index (κ1) is 51.4. The van der Waals surface area contributed by atoms with Crippen molar-refractivity contribution < 1.29 is 42.2 Å². The largest absolute Gasteiger partial charge is 0.488 e. The molecule has 74 heavy (non-hydrogen) atoms. The molecule has 3 N–H and O–H groups in total. The molecule has 4 aromatic carbocycles. The summed E-state index contributed by atoms with van der Waals surface area (Å²) < 4.78 is 52.4. The molecule has 2 atom stereocenters. The number of aryl methyl sites for hydroxylation is 1. The van der Waals surface area contributed by atoms with Gasteiger partial charge in [0.1, 0.15) is 18.2 Å². The lowest BCUT2D eigenvalue weighted by Gasteiger charge is -2.43. The molecule has 3 saturated heterocycles. The molecule has 5 amide bonds. The van der Waals surface area contributed by atoms with Crippen LogP contribution in [0.3, 0.4) is 0 Å². The Morgan fingerprint density at radius 1 is 0.905 bits per heavy atom. The van der Waals surface area contributed by atoms with Gasteiger partial charge < -0.3 is 34.6 Å². The van der Waals surface area contributed by atoms with Crippen LogP contribution in [-0.4, -0.2) is 122 Å². The number of aromatic nitrogens is 2. The number of hydrogen-bond donors (Lipinski definition) is 3. The van der Waals surface area contributed by atoms with Crippen molar-refractivity contribution in [3.63, 3.8) is 0 Å². The molecule has 0 spiro atoms. The molecule has 5 aromatic rings. The van der Waals surface area contributed by atoms with Crippen molar-refractivity contribution in [1.29, 1.82) is 0 Å². The number of carbonyl (C=O) groups excluding carboxylic acids is 4. The van der Waals surface area contributed by atoms with Gasteiger partial charge in [0.15, 0.2) is 23.0 Å². The van der Waals surface area contributed by atoms with E-state index in [2.05, 4.69) is 49.0 Å². The van der Waals surface area contributed by atoms with Gasteiger partial charge in [-0.15, -0.1) is 0 Å². The van der Waals surface area contributed by atoms with Crippen molar-refractivity contribution in [2.24, 2.45) is 13.0 Å². The number of halogens is 3. The number of nitrogens with zero attached hydrogens (tertiary/aromatic N) is 5. The van der Waals surface area contributed by atoms with Crippen LogP contribution in [0, 0.1) is 17.6 Å². The molecule has 15 nitrogen and oxygen atoms in total. The summed E-state index contributed by atoms with van der Waals surface area (Å²) in [6.07, 6.45) is 7.35. The van der Waals surface area contributed by atoms with Gasteiger partial charge in [-0.25, -0.2) is 13.6 Å². The van der Waals surface area contributed by atoms with E-state index in [1.165, 1.54) is 37.9 Å². The number of benzene rings is 4. The second kappa shape index (κ2) is 21.6. The first-order valence-corrected chi connectivity index (χ1v) is 26.4. The molecule has 1 saturated carbocycles. The highest BCUT2D eigenvalue weighted by molar-refractivity contribution is 6.34. The van der Waals surface area contributed by atoms with Crippen molar-refractivity contribution in [2.45, 2.75) is 94.2 Å². The number of likely N-dealkylation sites (tertiary alicyclic amines) is 2. The Morgan fingerprint density at radius 3 is 2.35 bits per heavy atom. The number of carbonyl (C=O) groups is 4. The molecule has 18 heteroatoms. The van der Waals surface area contributed by atoms with E-state index < -0.39 is 35.1 Å². The number of piperidine rings is 2. The van der Waals surface area contributed by atoms with Gasteiger partial charge in [0, 0.05) is 106 Å². The van der Waals surface area contributed by atoms with E-state index in [1.807, 2.05) is 49.0 Å². The monoisotopic (exact) mass is 1030 g/mol. The number of ether oxygens (including phenoxy) is 3. The van der Waals surface area contributed by atoms with E-state index in [0.29, 0.717) is 36.4 Å². The molecular weight excluding hydrogens is 970 g/mol. The average Bonchev–Trinajstić information content (AvgIpc) is 3.94. The third-order valence-corrected chi connectivity index (χ3v) is 16.8. The highest BCUT2D eigenvalue weighted by Gasteiger charge is 2.50. The van der Waals surface area contributed by atoms with Crippen molar-refractivity contribution in [2.75, 3.05) is 71.5 Å². The Hall–Kier alpha value is -6.14. The maximum atomic E-state index is 16.8. The summed E-state index contributed by atoms with van der Waals surface area (Å²) in [5, 5.41) is 14.0. The fourth-order valence-corrected chi connectivity index (χ4v) is 12.6. The Morgan fingerprint density at radius 2 is 1.65 bits per heavy atom. The molecule has 392 valence electrons. The minimum atomic E-state index is -1.07. The fraction of sp³-hybridized carbons (Fsp3) is 0.482. The molecule has 0 unspecified atom stereocenters. The minimum absolute atomic E-state index is 0.0322. The fourth-order valence-electron chi connectivity index (χ4n) is 12.3. The summed E-state index contributed by atoms with van der Waals surface area (Å²) in [6.45, 7) is 6.36. The molecule has 4 aliphatic heterocycles. The topological polar surface area (TPSA) is 160 Å². The van der Waals surface area contributed by atoms with E-state index in [0.717, 1.165) is 94.0 Å². The van der Waals surface area contributed by atoms with E-state index >= 15 is 8.78 Å². The molecule has 5 aliphatic rings. The molecule has 5 heterocycles. The summed E-state index contributed by atoms with van der Waals surface area (Å²) in [6, 6.07) is 20.3. The van der Waals surface area contributed by atoms with Crippen LogP contribution in [0.4, 0.5) is 19.4 Å². The van der Waals surface area contributed by atoms with Crippen molar-refractivity contribution in [3.8, 4) is 22.6 Å². The predicted octanol–water partition coefficient (Wildman–Crippen LogP) is 8.41. The van der Waals surface area contributed by atoms with Gasteiger partial charge in [-0.1, -0.05) is 54.9 Å². The lowest BCUT2D eigenvalue weighted by molar-refractivity contribution is -0.138. The van der Waals surface area contributed by atoms with E-state index in [4.69, 9.17) is 25.8 Å². The zero-order valence-corrected chi connectivity index (χ0v) is 43.2. The third-order valence-electron chi connectivity index (χ3n) is 16.5. The maximum Gasteiger partial charge on any atom is 0.329 e. The van der Waals surface area contributed by atoms with Crippen LogP contribution in [0.25, 0.3) is 22.0 Å². The SMILES string of the molecule is CNC(=O)c1ccc(OCCOC)c(F)c1-c1c(Cl)c(F)cc2c1[C@H](C)[C@@](CNC1CCC(C(=O)N3CCC(N4CCC(c5ccc6c(N7CCC(=O)NC7=O)nn(C)c6c5)CC4)CC3)CC1)(c1ccccc1)O2. The molecule has 4 fully saturated rings. The third kappa shape index (κ3) is 9.72. The summed E-state index contributed by atoms with van der Waals surface area (Å²) in [7, 11) is 4.84. The van der Waals surface area contributed by atoms with Gasteiger partial charge in [-0.05, 0) is 106 Å². The Balaban J connectivity index is 0.755. The highest BCUT2D eigenvalue weighted by atomic mass is 35.5. The van der Waals surface area contributed by atoms with Gasteiger partial charge in [0.2, 0.25) is 11.8 Å². The standard InChI is InChI=1S/C56H65ClF2N8O7/c1-33-47-45(31-42(58)50(57)49(47)48-41(53(69)60-2)16-17-44(51(48)59)73-29-28-72-4)74-56(33,37-8-6-5-7-9-37)32-61-38-13-10-35(11-14-38)54(70)66-25-20-39(21-26-66)65-23-18-34(19-24-65)36-12-15-40-43(30-36)64(3)63-52(40)67-27-22-46(68)62-55(67)71/h5-9,12,15-17,30-31,33-35,38-39,61H,10-11,13-14,18-29,32H2,1-4H3,(H,60,69)(H,62,68,71)/t33-,35?,38?,56-/m0/s1. The van der Waals surface area contributed by atoms with E-state index in [1.54, 1.807) is 4.90 Å². The maximum absolute atomic E-state index is 16.8. The number of urea groups is 1. The lowest BCUT2D eigenvalue weighted by atomic mass is 9.77. The van der Waals surface area contributed by atoms with Gasteiger partial charge in [0.25, 0.3) is 5.91 Å². The highest BCUT2D eigenvalue weighted by Crippen LogP contribution is 2.56. The predicted molar refractivity (Wildman–Crippen MR) is 278 cm³/mol. The number of amides is 5. The molecule has 0 bridgehead atoms. The van der Waals surface area contributed by atoms with Crippen LogP contribution in [0.2, 0.25) is 5.02 Å². The number of anilines is 1. The van der Waals surface area contributed by atoms with Crippen LogP contribution in [-0.2, 0) is 27.0 Å². The number of methoxy groups -OCH3 is 1. The second-order valence-electron chi connectivity index (χ2n) is 20.5. The zero-order chi connectivity index (χ0) is 51.8. The van der Waals surface area contributed by atoms with E-state index in [-0.39, 0.29) is 76.6 Å². The van der Waals surface area contributed by atoms with Crippen LogP contribution >= 0.6 is 11.6 Å². The molecule has 10 rings (SSSR count). The van der Waals surface area contributed by atoms with Crippen molar-refractivity contribution >= 4 is 52.1 Å². The minimum Gasteiger partial charge on any atom is -0.488 e. The average molecular weight is 1040 g/mol. The first-order chi connectivity index (χ1) is 35.8. The molecular formula is C56H65ClF2N8O7. The Bertz CT molecular complexity index is 2930. The van der Waals surface area contributed by atoms with Gasteiger partial charge in [0.05, 0.1) is 22.7 Å². The summed E-state index contributed by atoms with van der Waals surface area (Å²) in [5.41, 5.74) is 2.30. The van der Waals surface area contributed by atoms with Crippen LogP contribution in [0.15, 0.2) is 66.7 Å². The number of fused-ring (bicyclic) bond motifs is 2. The smallest absolute Gasteiger partial charge is 0.329 e. The van der Waals surface area contributed by atoms with Crippen LogP contribution in [0.1, 0.15) is 104 Å². The quantitative estimate of drug-likeness (QED) is 0.0923. The zero-order valence-electron chi connectivity index (χ0n) is 42.5. The number of hydrogen-bond acceptors (Lipinski definition) is 10. The summed E-state index contributed by atoms with van der Waals surface area (Å²) >= 11 is 6.83. The summed E-state index contributed by atoms with van der Waals surface area (Å²) in [4.78, 5) is 58.0. The number of rotatable bonds is 14. The number of imide groups is 1. The van der Waals surface area contributed by atoms with Crippen molar-refractivity contribution in [1.82, 2.24) is 35.5 Å². The second-order valence-corrected chi connectivity index (χ2v) is 20.9. The van der Waals surface area contributed by atoms with Gasteiger partial charge >= 0.3 is 6.03 Å². The molecule has 0 radical (unpaired) electrons. The van der Waals surface area contributed by atoms with Gasteiger partial charge in [-0.2, -0.15) is 5.10 Å². The Kier molecular flexibility index (Phi) is 15.0. The number of nitrogens with one attached hydrogen (secondary N) is 3. The van der Waals surface area contributed by atoms with Gasteiger partial charge in [-0.3, -0.25) is 29.3 Å². The Labute approximate surface area is 435 Å². The van der Waals surface area contributed by atoms with Crippen LogP contribution < -0.4 is 30.3 Å². The summed E-state index contributed by atoms with van der Waals surface area (Å²) in [5.74, 6) is -1.76.